The Balaban J connectivity index is 3.30. The summed E-state index contributed by atoms with van der Waals surface area (Å²) in [6, 6.07) is 0.263. The van der Waals surface area contributed by atoms with E-state index in [9.17, 15) is 18.0 Å². The van der Waals surface area contributed by atoms with E-state index in [1.165, 1.54) is 13.8 Å². The van der Waals surface area contributed by atoms with Gasteiger partial charge in [0.05, 0.1) is 5.69 Å². The van der Waals surface area contributed by atoms with Gasteiger partial charge >= 0.3 is 6.09 Å². The van der Waals surface area contributed by atoms with Crippen LogP contribution >= 0.6 is 0 Å². The second-order valence-corrected chi connectivity index (χ2v) is 3.46. The Morgan fingerprint density at radius 3 is 2.12 bits per heavy atom. The molecule has 0 unspecified atom stereocenters. The van der Waals surface area contributed by atoms with Crippen LogP contribution in [0, 0.1) is 17.5 Å². The van der Waals surface area contributed by atoms with Gasteiger partial charge in [-0.3, -0.25) is 4.90 Å². The highest BCUT2D eigenvalue weighted by atomic mass is 19.2. The van der Waals surface area contributed by atoms with Crippen LogP contribution < -0.4 is 4.90 Å². The lowest BCUT2D eigenvalue weighted by Crippen LogP contribution is -2.36. The van der Waals surface area contributed by atoms with Crippen molar-refractivity contribution in [1.29, 1.82) is 0 Å². The molecule has 0 saturated carbocycles. The molecule has 1 rings (SSSR count). The average Bonchev–Trinajstić information content (AvgIpc) is 2.12. The highest BCUT2D eigenvalue weighted by Gasteiger charge is 2.23. The minimum absolute atomic E-state index is 0.322. The summed E-state index contributed by atoms with van der Waals surface area (Å²) in [5.41, 5.74) is -0.499. The van der Waals surface area contributed by atoms with E-state index in [4.69, 9.17) is 5.11 Å². The fourth-order valence-electron chi connectivity index (χ4n) is 1.30. The van der Waals surface area contributed by atoms with E-state index in [1.807, 2.05) is 0 Å². The lowest BCUT2D eigenvalue weighted by atomic mass is 10.2. The standard InChI is InChI=1S/C10H10F3NO2/c1-5(2)14(10(15)16)9-4-7(12)6(11)3-8(9)13/h3-5H,1-2H3,(H,15,16). The molecule has 1 amide bonds. The normalized spacial score (nSPS) is 10.6. The molecule has 1 aromatic carbocycles. The maximum absolute atomic E-state index is 13.3. The number of carboxylic acid groups (broad SMARTS) is 1. The van der Waals surface area contributed by atoms with Gasteiger partial charge in [-0.25, -0.2) is 18.0 Å². The van der Waals surface area contributed by atoms with Gasteiger partial charge in [0.15, 0.2) is 11.6 Å². The third kappa shape index (κ3) is 2.26. The summed E-state index contributed by atoms with van der Waals surface area (Å²) < 4.78 is 38.8. The molecular weight excluding hydrogens is 223 g/mol. The molecular formula is C10H10F3NO2. The predicted octanol–water partition coefficient (Wildman–Crippen LogP) is 3.00. The molecule has 0 radical (unpaired) electrons. The van der Waals surface area contributed by atoms with Crippen molar-refractivity contribution >= 4 is 11.8 Å². The molecule has 1 aromatic rings. The number of amides is 1. The van der Waals surface area contributed by atoms with Crippen molar-refractivity contribution in [2.75, 3.05) is 4.90 Å². The van der Waals surface area contributed by atoms with Gasteiger partial charge in [0.2, 0.25) is 0 Å². The maximum atomic E-state index is 13.3. The van der Waals surface area contributed by atoms with Crippen LogP contribution in [-0.2, 0) is 0 Å². The van der Waals surface area contributed by atoms with Crippen molar-refractivity contribution in [3.05, 3.63) is 29.6 Å². The van der Waals surface area contributed by atoms with Crippen molar-refractivity contribution in [3.63, 3.8) is 0 Å². The van der Waals surface area contributed by atoms with E-state index in [2.05, 4.69) is 0 Å². The monoisotopic (exact) mass is 233 g/mol. The van der Waals surface area contributed by atoms with E-state index in [0.29, 0.717) is 17.0 Å². The lowest BCUT2D eigenvalue weighted by molar-refractivity contribution is 0.199. The Labute approximate surface area is 90.1 Å². The van der Waals surface area contributed by atoms with Crippen LogP contribution in [0.25, 0.3) is 0 Å². The Morgan fingerprint density at radius 2 is 1.69 bits per heavy atom. The summed E-state index contributed by atoms with van der Waals surface area (Å²) in [5.74, 6) is -3.76. The SMILES string of the molecule is CC(C)N(C(=O)O)c1cc(F)c(F)cc1F. The molecule has 0 aliphatic carbocycles. The number of anilines is 1. The van der Waals surface area contributed by atoms with Crippen LogP contribution in [0.2, 0.25) is 0 Å². The first-order valence-corrected chi connectivity index (χ1v) is 4.51. The third-order valence-corrected chi connectivity index (χ3v) is 1.97. The molecule has 0 atom stereocenters. The fraction of sp³-hybridized carbons (Fsp3) is 0.300. The maximum Gasteiger partial charge on any atom is 0.412 e. The van der Waals surface area contributed by atoms with Gasteiger partial charge in [-0.1, -0.05) is 0 Å². The largest absolute Gasteiger partial charge is 0.465 e. The first-order chi connectivity index (χ1) is 7.34. The number of hydrogen-bond donors (Lipinski definition) is 1. The number of hydrogen-bond acceptors (Lipinski definition) is 1. The number of rotatable bonds is 2. The molecule has 0 aliphatic rings. The first kappa shape index (κ1) is 12.4. The van der Waals surface area contributed by atoms with E-state index in [0.717, 1.165) is 0 Å². The predicted molar refractivity (Wildman–Crippen MR) is 52.0 cm³/mol. The van der Waals surface area contributed by atoms with E-state index >= 15 is 0 Å². The van der Waals surface area contributed by atoms with Gasteiger partial charge < -0.3 is 5.11 Å². The molecule has 0 fully saturated rings. The quantitative estimate of drug-likeness (QED) is 0.797. The molecule has 0 bridgehead atoms. The highest BCUT2D eigenvalue weighted by Crippen LogP contribution is 2.24. The molecule has 0 aromatic heterocycles. The molecule has 88 valence electrons. The van der Waals surface area contributed by atoms with Gasteiger partial charge in [-0.05, 0) is 13.8 Å². The molecule has 16 heavy (non-hydrogen) atoms. The molecule has 1 N–H and O–H groups in total. The number of carbonyl (C=O) groups is 1. The number of benzene rings is 1. The van der Waals surface area contributed by atoms with E-state index in [-0.39, 0.29) is 0 Å². The van der Waals surface area contributed by atoms with Crippen molar-refractivity contribution in [2.45, 2.75) is 19.9 Å². The van der Waals surface area contributed by atoms with Crippen LogP contribution in [0.1, 0.15) is 13.8 Å². The summed E-state index contributed by atoms with van der Waals surface area (Å²) in [5, 5.41) is 8.82. The number of halogens is 3. The van der Waals surface area contributed by atoms with Crippen LogP contribution in [0.15, 0.2) is 12.1 Å². The second-order valence-electron chi connectivity index (χ2n) is 3.46. The van der Waals surface area contributed by atoms with Crippen molar-refractivity contribution in [2.24, 2.45) is 0 Å². The Hall–Kier alpha value is -1.72. The van der Waals surface area contributed by atoms with Gasteiger partial charge in [0.25, 0.3) is 0 Å². The van der Waals surface area contributed by atoms with Gasteiger partial charge in [0.1, 0.15) is 5.82 Å². The van der Waals surface area contributed by atoms with Crippen molar-refractivity contribution < 1.29 is 23.1 Å². The van der Waals surface area contributed by atoms with E-state index in [1.54, 1.807) is 0 Å². The summed E-state index contributed by atoms with van der Waals surface area (Å²) in [7, 11) is 0. The minimum Gasteiger partial charge on any atom is -0.465 e. The first-order valence-electron chi connectivity index (χ1n) is 4.51. The van der Waals surface area contributed by atoms with Crippen LogP contribution in [0.3, 0.4) is 0 Å². The second kappa shape index (κ2) is 4.42. The average molecular weight is 233 g/mol. The van der Waals surface area contributed by atoms with Gasteiger partial charge in [0, 0.05) is 18.2 Å². The van der Waals surface area contributed by atoms with Crippen molar-refractivity contribution in [3.8, 4) is 0 Å². The zero-order chi connectivity index (χ0) is 12.5. The smallest absolute Gasteiger partial charge is 0.412 e. The molecule has 0 spiro atoms. The van der Waals surface area contributed by atoms with Crippen LogP contribution in [-0.4, -0.2) is 17.2 Å². The summed E-state index contributed by atoms with van der Waals surface area (Å²) >= 11 is 0. The minimum atomic E-state index is -1.43. The van der Waals surface area contributed by atoms with Crippen LogP contribution in [0.5, 0.6) is 0 Å². The Kier molecular flexibility index (Phi) is 3.41. The van der Waals surface area contributed by atoms with Crippen molar-refractivity contribution in [1.82, 2.24) is 0 Å². The molecule has 0 aliphatic heterocycles. The van der Waals surface area contributed by atoms with Gasteiger partial charge in [-0.2, -0.15) is 0 Å². The molecule has 0 heterocycles. The van der Waals surface area contributed by atoms with E-state index < -0.39 is 35.3 Å². The fourth-order valence-corrected chi connectivity index (χ4v) is 1.30. The molecule has 6 heteroatoms. The van der Waals surface area contributed by atoms with Crippen LogP contribution in [0.4, 0.5) is 23.7 Å². The number of nitrogens with zero attached hydrogens (tertiary/aromatic N) is 1. The topological polar surface area (TPSA) is 40.5 Å². The summed E-state index contributed by atoms with van der Waals surface area (Å²) in [4.78, 5) is 11.5. The summed E-state index contributed by atoms with van der Waals surface area (Å²) in [6.45, 7) is 2.99. The highest BCUT2D eigenvalue weighted by molar-refractivity contribution is 5.86. The summed E-state index contributed by atoms with van der Waals surface area (Å²) in [6.07, 6.45) is -1.43. The zero-order valence-electron chi connectivity index (χ0n) is 8.67. The molecule has 0 saturated heterocycles. The zero-order valence-corrected chi connectivity index (χ0v) is 8.67. The lowest BCUT2D eigenvalue weighted by Gasteiger charge is -2.23. The molecule has 3 nitrogen and oxygen atoms in total. The Morgan fingerprint density at radius 1 is 1.19 bits per heavy atom. The Bertz CT molecular complexity index is 421. The van der Waals surface area contributed by atoms with Gasteiger partial charge in [-0.15, -0.1) is 0 Å². The third-order valence-electron chi connectivity index (χ3n) is 1.97.